The Morgan fingerprint density at radius 1 is 1.50 bits per heavy atom. The molecule has 0 amide bonds. The van der Waals surface area contributed by atoms with Crippen LogP contribution >= 0.6 is 0 Å². The molecule has 1 aromatic rings. The second-order valence-electron chi connectivity index (χ2n) is 2.13. The number of rotatable bonds is 3. The normalized spacial score (nSPS) is 9.33. The van der Waals surface area contributed by atoms with Gasteiger partial charge in [-0.3, -0.25) is 0 Å². The van der Waals surface area contributed by atoms with Gasteiger partial charge in [-0.15, -0.1) is 10.1 Å². The fourth-order valence-corrected chi connectivity index (χ4v) is 0.755. The molecular formula is C7H7NO4. The van der Waals surface area contributed by atoms with Crippen LogP contribution in [-0.2, 0) is 11.4 Å². The summed E-state index contributed by atoms with van der Waals surface area (Å²) in [6.07, 6.45) is 0. The molecule has 12 heavy (non-hydrogen) atoms. The molecule has 0 saturated carbocycles. The molecule has 5 nitrogen and oxygen atoms in total. The highest BCUT2D eigenvalue weighted by Crippen LogP contribution is 2.15. The highest BCUT2D eigenvalue weighted by atomic mass is 16.9. The maximum absolute atomic E-state index is 9.79. The zero-order valence-electron chi connectivity index (χ0n) is 6.14. The topological polar surface area (TPSA) is 72.6 Å². The molecule has 0 radical (unpaired) electrons. The van der Waals surface area contributed by atoms with E-state index in [0.29, 0.717) is 5.56 Å². The first-order valence-electron chi connectivity index (χ1n) is 3.24. The quantitative estimate of drug-likeness (QED) is 0.543. The predicted octanol–water partition coefficient (Wildman–Crippen LogP) is 1.10. The monoisotopic (exact) mass is 169 g/mol. The lowest BCUT2D eigenvalue weighted by molar-refractivity contribution is -0.763. The Kier molecular flexibility index (Phi) is 2.47. The van der Waals surface area contributed by atoms with Crippen molar-refractivity contribution in [2.75, 3.05) is 0 Å². The number of nitrogens with zero attached hydrogens (tertiary/aromatic N) is 1. The summed E-state index contributed by atoms with van der Waals surface area (Å²) in [5, 5.41) is 18.0. The Morgan fingerprint density at radius 3 is 2.75 bits per heavy atom. The summed E-state index contributed by atoms with van der Waals surface area (Å²) in [6.45, 7) is -0.223. The van der Waals surface area contributed by atoms with Gasteiger partial charge in [-0.1, -0.05) is 18.2 Å². The van der Waals surface area contributed by atoms with Gasteiger partial charge >= 0.3 is 0 Å². The van der Waals surface area contributed by atoms with Crippen LogP contribution in [0.1, 0.15) is 5.56 Å². The molecule has 0 atom stereocenters. The van der Waals surface area contributed by atoms with Crippen molar-refractivity contribution in [2.24, 2.45) is 0 Å². The fraction of sp³-hybridized carbons (Fsp3) is 0.143. The van der Waals surface area contributed by atoms with E-state index in [9.17, 15) is 10.1 Å². The standard InChI is InChI=1S/C7H7NO4/c9-7-4-2-1-3-6(7)5-12-8(10)11/h1-4,9H,5H2. The minimum absolute atomic E-state index is 0.000602. The van der Waals surface area contributed by atoms with Gasteiger partial charge in [0.25, 0.3) is 5.09 Å². The first-order valence-corrected chi connectivity index (χ1v) is 3.24. The van der Waals surface area contributed by atoms with Crippen molar-refractivity contribution in [2.45, 2.75) is 6.61 Å². The van der Waals surface area contributed by atoms with Crippen molar-refractivity contribution in [3.8, 4) is 5.75 Å². The summed E-state index contributed by atoms with van der Waals surface area (Å²) >= 11 is 0. The Morgan fingerprint density at radius 2 is 2.17 bits per heavy atom. The SMILES string of the molecule is O=[N+]([O-])OCc1ccccc1O. The van der Waals surface area contributed by atoms with Crippen LogP contribution < -0.4 is 0 Å². The number of phenolic OH excluding ortho intramolecular Hbond substituents is 1. The van der Waals surface area contributed by atoms with E-state index in [1.807, 2.05) is 0 Å². The summed E-state index contributed by atoms with van der Waals surface area (Å²) in [7, 11) is 0. The zero-order chi connectivity index (χ0) is 8.97. The van der Waals surface area contributed by atoms with Crippen LogP contribution in [0, 0.1) is 10.1 Å². The summed E-state index contributed by atoms with van der Waals surface area (Å²) in [5.41, 5.74) is 0.397. The average molecular weight is 169 g/mol. The Labute approximate surface area is 68.3 Å². The van der Waals surface area contributed by atoms with Gasteiger partial charge in [-0.05, 0) is 6.07 Å². The van der Waals surface area contributed by atoms with Crippen LogP contribution in [-0.4, -0.2) is 10.2 Å². The number of para-hydroxylation sites is 1. The van der Waals surface area contributed by atoms with Crippen molar-refractivity contribution in [3.63, 3.8) is 0 Å². The van der Waals surface area contributed by atoms with Gasteiger partial charge in [0.05, 0.1) is 0 Å². The van der Waals surface area contributed by atoms with Crippen LogP contribution in [0.3, 0.4) is 0 Å². The van der Waals surface area contributed by atoms with Crippen LogP contribution in [0.2, 0.25) is 0 Å². The summed E-state index contributed by atoms with van der Waals surface area (Å²) < 4.78 is 0. The van der Waals surface area contributed by atoms with Crippen molar-refractivity contribution < 1.29 is 15.0 Å². The minimum Gasteiger partial charge on any atom is -0.508 e. The van der Waals surface area contributed by atoms with Crippen molar-refractivity contribution in [1.82, 2.24) is 0 Å². The molecule has 1 N–H and O–H groups in total. The van der Waals surface area contributed by atoms with E-state index in [1.165, 1.54) is 6.07 Å². The molecule has 0 spiro atoms. The lowest BCUT2D eigenvalue weighted by Crippen LogP contribution is -2.00. The van der Waals surface area contributed by atoms with E-state index < -0.39 is 5.09 Å². The van der Waals surface area contributed by atoms with E-state index in [4.69, 9.17) is 5.11 Å². The lowest BCUT2D eigenvalue weighted by Gasteiger charge is -2.00. The Hall–Kier alpha value is -1.78. The Bertz CT molecular complexity index is 286. The summed E-state index contributed by atoms with van der Waals surface area (Å²) in [4.78, 5) is 13.9. The van der Waals surface area contributed by atoms with E-state index >= 15 is 0 Å². The zero-order valence-corrected chi connectivity index (χ0v) is 6.14. The number of aromatic hydroxyl groups is 1. The number of hydrogen-bond donors (Lipinski definition) is 1. The fourth-order valence-electron chi connectivity index (χ4n) is 0.755. The van der Waals surface area contributed by atoms with Crippen LogP contribution in [0.15, 0.2) is 24.3 Å². The van der Waals surface area contributed by atoms with E-state index in [2.05, 4.69) is 4.84 Å². The molecule has 1 aromatic carbocycles. The molecule has 0 fully saturated rings. The minimum atomic E-state index is -0.896. The van der Waals surface area contributed by atoms with Gasteiger partial charge in [0.15, 0.2) is 0 Å². The predicted molar refractivity (Wildman–Crippen MR) is 39.9 cm³/mol. The van der Waals surface area contributed by atoms with Gasteiger partial charge in [-0.2, -0.15) is 0 Å². The maximum atomic E-state index is 9.79. The second kappa shape index (κ2) is 3.56. The molecular weight excluding hydrogens is 162 g/mol. The first-order chi connectivity index (χ1) is 5.70. The smallest absolute Gasteiger partial charge is 0.294 e. The third-order valence-electron chi connectivity index (χ3n) is 1.32. The number of benzene rings is 1. The molecule has 0 aliphatic carbocycles. The molecule has 0 aliphatic rings. The largest absolute Gasteiger partial charge is 0.508 e. The van der Waals surface area contributed by atoms with Gasteiger partial charge in [-0.25, -0.2) is 0 Å². The molecule has 0 heterocycles. The van der Waals surface area contributed by atoms with E-state index in [-0.39, 0.29) is 12.4 Å². The molecule has 0 aliphatic heterocycles. The Balaban J connectivity index is 2.63. The van der Waals surface area contributed by atoms with Crippen LogP contribution in [0.4, 0.5) is 0 Å². The average Bonchev–Trinajstić information content (AvgIpc) is 2.03. The van der Waals surface area contributed by atoms with Gasteiger partial charge in [0.2, 0.25) is 0 Å². The van der Waals surface area contributed by atoms with Gasteiger partial charge in [0.1, 0.15) is 12.4 Å². The summed E-state index contributed by atoms with van der Waals surface area (Å²) in [6, 6.07) is 6.29. The second-order valence-corrected chi connectivity index (χ2v) is 2.13. The molecule has 0 unspecified atom stereocenters. The van der Waals surface area contributed by atoms with Gasteiger partial charge < -0.3 is 9.94 Å². The van der Waals surface area contributed by atoms with Gasteiger partial charge in [0, 0.05) is 5.56 Å². The van der Waals surface area contributed by atoms with E-state index in [1.54, 1.807) is 18.2 Å². The molecule has 0 aromatic heterocycles. The first kappa shape index (κ1) is 8.32. The molecule has 0 bridgehead atoms. The third kappa shape index (κ3) is 2.12. The van der Waals surface area contributed by atoms with Crippen LogP contribution in [0.5, 0.6) is 5.75 Å². The lowest BCUT2D eigenvalue weighted by atomic mass is 10.2. The number of hydrogen-bond acceptors (Lipinski definition) is 4. The van der Waals surface area contributed by atoms with Crippen molar-refractivity contribution >= 4 is 0 Å². The molecule has 0 saturated heterocycles. The molecule has 64 valence electrons. The van der Waals surface area contributed by atoms with Crippen LogP contribution in [0.25, 0.3) is 0 Å². The highest BCUT2D eigenvalue weighted by molar-refractivity contribution is 5.30. The third-order valence-corrected chi connectivity index (χ3v) is 1.32. The summed E-state index contributed by atoms with van der Waals surface area (Å²) in [5.74, 6) is -0.000602. The maximum Gasteiger partial charge on any atom is 0.294 e. The molecule has 1 rings (SSSR count). The van der Waals surface area contributed by atoms with E-state index in [0.717, 1.165) is 0 Å². The number of phenols is 1. The molecule has 5 heteroatoms. The van der Waals surface area contributed by atoms with Crippen molar-refractivity contribution in [1.29, 1.82) is 0 Å². The van der Waals surface area contributed by atoms with Crippen molar-refractivity contribution in [3.05, 3.63) is 39.9 Å². The highest BCUT2D eigenvalue weighted by Gasteiger charge is 2.01.